The van der Waals surface area contributed by atoms with Crippen molar-refractivity contribution in [3.05, 3.63) is 29.1 Å². The molecule has 142 valence electrons. The number of aryl methyl sites for hydroxylation is 2. The number of aromatic nitrogens is 1. The van der Waals surface area contributed by atoms with Crippen LogP contribution in [0.2, 0.25) is 0 Å². The zero-order valence-electron chi connectivity index (χ0n) is 15.1. The Kier molecular flexibility index (Phi) is 5.01. The van der Waals surface area contributed by atoms with E-state index in [1.165, 1.54) is 17.7 Å². The maximum Gasteiger partial charge on any atom is 0.223 e. The van der Waals surface area contributed by atoms with Crippen molar-refractivity contribution in [3.63, 3.8) is 0 Å². The van der Waals surface area contributed by atoms with Gasteiger partial charge in [0, 0.05) is 30.4 Å². The van der Waals surface area contributed by atoms with Crippen molar-refractivity contribution >= 4 is 15.7 Å². The number of piperidine rings is 1. The average Bonchev–Trinajstić information content (AvgIpc) is 3.25. The van der Waals surface area contributed by atoms with E-state index >= 15 is 0 Å². The summed E-state index contributed by atoms with van der Waals surface area (Å²) < 4.78 is 23.3. The number of sulfone groups is 1. The van der Waals surface area contributed by atoms with Crippen LogP contribution in [0.3, 0.4) is 0 Å². The van der Waals surface area contributed by atoms with Crippen molar-refractivity contribution in [2.45, 2.75) is 51.1 Å². The minimum absolute atomic E-state index is 0.0339. The van der Waals surface area contributed by atoms with Crippen molar-refractivity contribution in [2.75, 3.05) is 24.6 Å². The van der Waals surface area contributed by atoms with E-state index in [1.54, 1.807) is 0 Å². The van der Waals surface area contributed by atoms with Crippen LogP contribution in [0.5, 0.6) is 0 Å². The topological polar surface area (TPSA) is 79.4 Å². The van der Waals surface area contributed by atoms with Crippen LogP contribution in [0, 0.1) is 5.92 Å². The molecule has 1 atom stereocenters. The molecule has 0 unspecified atom stereocenters. The smallest absolute Gasteiger partial charge is 0.223 e. The van der Waals surface area contributed by atoms with Crippen molar-refractivity contribution in [1.29, 1.82) is 0 Å². The second-order valence-electron chi connectivity index (χ2n) is 7.89. The largest absolute Gasteiger partial charge is 0.352 e. The number of nitrogens with one attached hydrogen (secondary N) is 1. The van der Waals surface area contributed by atoms with Gasteiger partial charge in [-0.3, -0.25) is 14.7 Å². The van der Waals surface area contributed by atoms with Gasteiger partial charge in [0.2, 0.25) is 5.91 Å². The number of carbonyl (C=O) groups is 1. The summed E-state index contributed by atoms with van der Waals surface area (Å²) in [5.74, 6) is 0.748. The predicted octanol–water partition coefficient (Wildman–Crippen LogP) is 1.09. The fourth-order valence-corrected chi connectivity index (χ4v) is 6.26. The minimum atomic E-state index is -2.85. The highest BCUT2D eigenvalue weighted by Gasteiger charge is 2.35. The fraction of sp³-hybridized carbons (Fsp3) is 0.684. The summed E-state index contributed by atoms with van der Waals surface area (Å²) in [5, 5.41) is 3.06. The Balaban J connectivity index is 1.25. The lowest BCUT2D eigenvalue weighted by molar-refractivity contribution is -0.126. The van der Waals surface area contributed by atoms with Gasteiger partial charge in [0.15, 0.2) is 9.84 Å². The second kappa shape index (κ2) is 7.27. The van der Waals surface area contributed by atoms with Crippen LogP contribution in [-0.4, -0.2) is 54.8 Å². The van der Waals surface area contributed by atoms with E-state index in [1.807, 2.05) is 6.20 Å². The number of nitrogens with zero attached hydrogens (tertiary/aromatic N) is 2. The third-order valence-electron chi connectivity index (χ3n) is 6.07. The first kappa shape index (κ1) is 17.9. The highest BCUT2D eigenvalue weighted by Crippen LogP contribution is 2.25. The highest BCUT2D eigenvalue weighted by molar-refractivity contribution is 7.91. The summed E-state index contributed by atoms with van der Waals surface area (Å²) in [4.78, 5) is 19.3. The van der Waals surface area contributed by atoms with Gasteiger partial charge in [-0.1, -0.05) is 6.07 Å². The summed E-state index contributed by atoms with van der Waals surface area (Å²) in [7, 11) is -2.85. The Morgan fingerprint density at radius 2 is 2.04 bits per heavy atom. The third kappa shape index (κ3) is 3.93. The molecule has 2 fully saturated rings. The van der Waals surface area contributed by atoms with Crippen molar-refractivity contribution in [1.82, 2.24) is 15.2 Å². The lowest BCUT2D eigenvalue weighted by atomic mass is 9.94. The maximum absolute atomic E-state index is 12.5. The van der Waals surface area contributed by atoms with E-state index in [0.29, 0.717) is 12.3 Å². The van der Waals surface area contributed by atoms with E-state index in [-0.39, 0.29) is 23.6 Å². The molecule has 0 spiro atoms. The van der Waals surface area contributed by atoms with Crippen LogP contribution in [0.25, 0.3) is 0 Å². The first-order valence-corrected chi connectivity index (χ1v) is 11.5. The monoisotopic (exact) mass is 377 g/mol. The molecule has 4 rings (SSSR count). The fourth-order valence-electron chi connectivity index (χ4n) is 4.50. The molecule has 0 bridgehead atoms. The first-order valence-electron chi connectivity index (χ1n) is 9.69. The molecule has 1 amide bonds. The SMILES string of the molecule is O=C(NCc1cnc2c(c1)CCC2)C1CCN([C@H]2CCS(=O)(=O)C2)CC1. The van der Waals surface area contributed by atoms with Crippen molar-refractivity contribution in [3.8, 4) is 0 Å². The summed E-state index contributed by atoms with van der Waals surface area (Å²) in [6.07, 6.45) is 7.59. The second-order valence-corrected chi connectivity index (χ2v) is 10.1. The number of hydrogen-bond acceptors (Lipinski definition) is 5. The minimum Gasteiger partial charge on any atom is -0.352 e. The molecule has 1 aliphatic carbocycles. The summed E-state index contributed by atoms with van der Waals surface area (Å²) >= 11 is 0. The van der Waals surface area contributed by atoms with E-state index in [4.69, 9.17) is 0 Å². The number of carbonyl (C=O) groups excluding carboxylic acids is 1. The molecule has 6 nitrogen and oxygen atoms in total. The molecule has 2 saturated heterocycles. The van der Waals surface area contributed by atoms with Gasteiger partial charge in [0.1, 0.15) is 0 Å². The Bertz CT molecular complexity index is 785. The molecule has 2 aliphatic heterocycles. The first-order chi connectivity index (χ1) is 12.5. The number of amides is 1. The van der Waals surface area contributed by atoms with Gasteiger partial charge in [0.05, 0.1) is 11.5 Å². The third-order valence-corrected chi connectivity index (χ3v) is 7.82. The standard InChI is InChI=1S/C19H27N3O3S/c23-19(21-12-14-10-16-2-1-3-18(16)20-11-14)15-4-7-22(8-5-15)17-6-9-26(24,25)13-17/h10-11,15,17H,1-9,12-13H2,(H,21,23)/t17-/m0/s1. The van der Waals surface area contributed by atoms with E-state index in [9.17, 15) is 13.2 Å². The van der Waals surface area contributed by atoms with Gasteiger partial charge in [0.25, 0.3) is 0 Å². The molecule has 1 N–H and O–H groups in total. The van der Waals surface area contributed by atoms with Gasteiger partial charge >= 0.3 is 0 Å². The van der Waals surface area contributed by atoms with Gasteiger partial charge in [-0.2, -0.15) is 0 Å². The van der Waals surface area contributed by atoms with Gasteiger partial charge < -0.3 is 5.32 Å². The molecule has 0 aromatic carbocycles. The van der Waals surface area contributed by atoms with Crippen LogP contribution in [0.4, 0.5) is 0 Å². The summed E-state index contributed by atoms with van der Waals surface area (Å²) in [6.45, 7) is 2.18. The van der Waals surface area contributed by atoms with Crippen LogP contribution in [-0.2, 0) is 34.0 Å². The zero-order chi connectivity index (χ0) is 18.1. The average molecular weight is 378 g/mol. The van der Waals surface area contributed by atoms with Gasteiger partial charge in [-0.15, -0.1) is 0 Å². The van der Waals surface area contributed by atoms with Crippen LogP contribution >= 0.6 is 0 Å². The van der Waals surface area contributed by atoms with Crippen LogP contribution in [0.1, 0.15) is 42.5 Å². The molecule has 1 aromatic rings. The van der Waals surface area contributed by atoms with Crippen molar-refractivity contribution in [2.24, 2.45) is 5.92 Å². The molecule has 0 radical (unpaired) electrons. The normalized spacial score (nSPS) is 25.9. The summed E-state index contributed by atoms with van der Waals surface area (Å²) in [6, 6.07) is 2.33. The van der Waals surface area contributed by atoms with Gasteiger partial charge in [-0.25, -0.2) is 8.42 Å². The molecule has 26 heavy (non-hydrogen) atoms. The number of rotatable bonds is 4. The maximum atomic E-state index is 12.5. The van der Waals surface area contributed by atoms with E-state index in [0.717, 1.165) is 50.8 Å². The molecule has 3 heterocycles. The lowest BCUT2D eigenvalue weighted by Crippen LogP contribution is -2.45. The summed E-state index contributed by atoms with van der Waals surface area (Å²) in [5.41, 5.74) is 3.62. The van der Waals surface area contributed by atoms with E-state index in [2.05, 4.69) is 21.3 Å². The van der Waals surface area contributed by atoms with E-state index < -0.39 is 9.84 Å². The van der Waals surface area contributed by atoms with Crippen molar-refractivity contribution < 1.29 is 13.2 Å². The predicted molar refractivity (Wildman–Crippen MR) is 99.5 cm³/mol. The Labute approximate surface area is 155 Å². The molecular weight excluding hydrogens is 350 g/mol. The Morgan fingerprint density at radius 3 is 2.77 bits per heavy atom. The quantitative estimate of drug-likeness (QED) is 0.850. The molecule has 1 aromatic heterocycles. The zero-order valence-corrected chi connectivity index (χ0v) is 15.9. The number of hydrogen-bond donors (Lipinski definition) is 1. The highest BCUT2D eigenvalue weighted by atomic mass is 32.2. The lowest BCUT2D eigenvalue weighted by Gasteiger charge is -2.34. The van der Waals surface area contributed by atoms with Crippen LogP contribution < -0.4 is 5.32 Å². The van der Waals surface area contributed by atoms with Gasteiger partial charge in [-0.05, 0) is 62.7 Å². The number of likely N-dealkylation sites (tertiary alicyclic amines) is 1. The molecule has 7 heteroatoms. The molecule has 3 aliphatic rings. The Morgan fingerprint density at radius 1 is 1.23 bits per heavy atom. The number of fused-ring (bicyclic) bond motifs is 1. The molecule has 0 saturated carbocycles. The molecular formula is C19H27N3O3S. The number of pyridine rings is 1. The Hall–Kier alpha value is -1.47. The van der Waals surface area contributed by atoms with Crippen LogP contribution in [0.15, 0.2) is 12.3 Å².